The fraction of sp³-hybridized carbons (Fsp3) is 0.158. The summed E-state index contributed by atoms with van der Waals surface area (Å²) in [5.41, 5.74) is 4.05. The number of halogens is 1. The van der Waals surface area contributed by atoms with Crippen LogP contribution in [0.25, 0.3) is 0 Å². The normalized spacial score (nSPS) is 10.9. The third-order valence-electron chi connectivity index (χ3n) is 3.73. The summed E-state index contributed by atoms with van der Waals surface area (Å²) in [6, 6.07) is 14.5. The number of nitrogens with one attached hydrogen (secondary N) is 2. The number of carbonyl (C=O) groups excluding carboxylic acids is 1. The van der Waals surface area contributed by atoms with Crippen LogP contribution >= 0.6 is 23.4 Å². The van der Waals surface area contributed by atoms with Crippen LogP contribution in [0.2, 0.25) is 5.02 Å². The van der Waals surface area contributed by atoms with E-state index in [0.29, 0.717) is 28.2 Å². The third-order valence-corrected chi connectivity index (χ3v) is 5.02. The number of para-hydroxylation sites is 2. The van der Waals surface area contributed by atoms with Crippen molar-refractivity contribution in [3.63, 3.8) is 0 Å². The Morgan fingerprint density at radius 3 is 2.83 bits per heavy atom. The number of nitrogens with two attached hydrogens (primary N) is 1. The molecule has 2 aromatic carbocycles. The molecule has 1 aromatic heterocycles. The predicted molar refractivity (Wildman–Crippen MR) is 120 cm³/mol. The summed E-state index contributed by atoms with van der Waals surface area (Å²) in [6.45, 7) is 2.39. The largest absolute Gasteiger partial charge is 0.492 e. The van der Waals surface area contributed by atoms with Gasteiger partial charge >= 0.3 is 0 Å². The number of hydrogen-bond acceptors (Lipinski definition) is 8. The topological polar surface area (TPSA) is 119 Å². The molecule has 0 aliphatic rings. The second-order valence-electron chi connectivity index (χ2n) is 5.83. The Hall–Kier alpha value is -3.24. The van der Waals surface area contributed by atoms with Crippen LogP contribution in [0.1, 0.15) is 12.5 Å². The predicted octanol–water partition coefficient (Wildman–Crippen LogP) is 3.22. The van der Waals surface area contributed by atoms with Crippen molar-refractivity contribution >= 4 is 47.1 Å². The lowest BCUT2D eigenvalue weighted by Crippen LogP contribution is -2.17. The van der Waals surface area contributed by atoms with Gasteiger partial charge in [0, 0.05) is 10.6 Å². The summed E-state index contributed by atoms with van der Waals surface area (Å²) in [5.74, 6) is 6.69. The van der Waals surface area contributed by atoms with E-state index in [9.17, 15) is 4.79 Å². The van der Waals surface area contributed by atoms with Crippen molar-refractivity contribution < 1.29 is 9.53 Å². The summed E-state index contributed by atoms with van der Waals surface area (Å²) >= 11 is 7.22. The van der Waals surface area contributed by atoms with Crippen LogP contribution in [0.5, 0.6) is 5.75 Å². The van der Waals surface area contributed by atoms with Crippen LogP contribution in [0, 0.1) is 0 Å². The van der Waals surface area contributed by atoms with Crippen molar-refractivity contribution in [1.29, 1.82) is 0 Å². The van der Waals surface area contributed by atoms with Crippen molar-refractivity contribution in [2.45, 2.75) is 12.1 Å². The van der Waals surface area contributed by atoms with Gasteiger partial charge in [-0.1, -0.05) is 53.7 Å². The van der Waals surface area contributed by atoms with Crippen LogP contribution in [-0.2, 0) is 4.79 Å². The fourth-order valence-electron chi connectivity index (χ4n) is 2.36. The first-order valence-electron chi connectivity index (χ1n) is 8.97. The molecule has 0 saturated carbocycles. The molecule has 11 heteroatoms. The van der Waals surface area contributed by atoms with Crippen LogP contribution < -0.4 is 21.3 Å². The van der Waals surface area contributed by atoms with Crippen LogP contribution in [-0.4, -0.2) is 39.4 Å². The van der Waals surface area contributed by atoms with Gasteiger partial charge in [-0.25, -0.2) is 10.1 Å². The smallest absolute Gasteiger partial charge is 0.264 e. The molecule has 156 valence electrons. The average molecular weight is 446 g/mol. The van der Waals surface area contributed by atoms with Crippen molar-refractivity contribution in [2.24, 2.45) is 5.10 Å². The number of aromatic nitrogens is 3. The van der Waals surface area contributed by atoms with E-state index in [1.807, 2.05) is 37.3 Å². The van der Waals surface area contributed by atoms with Gasteiger partial charge in [-0.3, -0.25) is 4.79 Å². The zero-order chi connectivity index (χ0) is 21.3. The second kappa shape index (κ2) is 10.5. The first-order chi connectivity index (χ1) is 14.6. The lowest BCUT2D eigenvalue weighted by Gasteiger charge is -2.10. The Labute approximate surface area is 182 Å². The van der Waals surface area contributed by atoms with Gasteiger partial charge in [-0.2, -0.15) is 5.10 Å². The number of benzene rings is 2. The number of ether oxygens (including phenoxy) is 1. The first kappa shape index (κ1) is 21.5. The lowest BCUT2D eigenvalue weighted by atomic mass is 10.2. The molecule has 0 spiro atoms. The van der Waals surface area contributed by atoms with Gasteiger partial charge in [0.1, 0.15) is 5.75 Å². The highest BCUT2D eigenvalue weighted by molar-refractivity contribution is 7.99. The number of hydrazone groups is 1. The van der Waals surface area contributed by atoms with Gasteiger partial charge in [-0.05, 0) is 25.1 Å². The zero-order valence-electron chi connectivity index (χ0n) is 16.1. The molecule has 0 aliphatic heterocycles. The molecule has 0 aliphatic carbocycles. The number of rotatable bonds is 9. The van der Waals surface area contributed by atoms with Crippen molar-refractivity contribution in [3.05, 3.63) is 59.1 Å². The van der Waals surface area contributed by atoms with E-state index in [-0.39, 0.29) is 17.6 Å². The maximum atomic E-state index is 12.3. The van der Waals surface area contributed by atoms with Crippen LogP contribution in [0.3, 0.4) is 0 Å². The number of amides is 1. The fourth-order valence-corrected chi connectivity index (χ4v) is 3.20. The lowest BCUT2D eigenvalue weighted by molar-refractivity contribution is -0.113. The molecular formula is C19H20ClN7O2S. The van der Waals surface area contributed by atoms with Crippen molar-refractivity contribution in [1.82, 2.24) is 14.9 Å². The SMILES string of the molecule is CCOc1ccccc1NC(=O)CSc1nnc(N/N=C/c2ccccc2Cl)n1N. The molecule has 3 rings (SSSR count). The Bertz CT molecular complexity index is 1040. The van der Waals surface area contributed by atoms with Crippen molar-refractivity contribution in [2.75, 3.05) is 28.9 Å². The van der Waals surface area contributed by atoms with E-state index in [0.717, 1.165) is 17.3 Å². The Morgan fingerprint density at radius 2 is 2.03 bits per heavy atom. The van der Waals surface area contributed by atoms with Gasteiger partial charge in [0.2, 0.25) is 11.1 Å². The van der Waals surface area contributed by atoms with E-state index in [1.54, 1.807) is 24.4 Å². The van der Waals surface area contributed by atoms with Crippen molar-refractivity contribution in [3.8, 4) is 5.75 Å². The molecule has 9 nitrogen and oxygen atoms in total. The second-order valence-corrected chi connectivity index (χ2v) is 7.18. The van der Waals surface area contributed by atoms with Gasteiger partial charge in [0.05, 0.1) is 24.3 Å². The summed E-state index contributed by atoms with van der Waals surface area (Å²) in [6.07, 6.45) is 1.55. The molecule has 0 saturated heterocycles. The molecule has 30 heavy (non-hydrogen) atoms. The number of carbonyl (C=O) groups is 1. The summed E-state index contributed by atoms with van der Waals surface area (Å²) < 4.78 is 6.72. The van der Waals surface area contributed by atoms with E-state index in [4.69, 9.17) is 22.2 Å². The quantitative estimate of drug-likeness (QED) is 0.200. The highest BCUT2D eigenvalue weighted by Crippen LogP contribution is 2.24. The minimum absolute atomic E-state index is 0.0959. The summed E-state index contributed by atoms with van der Waals surface area (Å²) in [5, 5.41) is 15.7. The van der Waals surface area contributed by atoms with Gasteiger partial charge in [0.15, 0.2) is 0 Å². The standard InChI is InChI=1S/C19H20ClN7O2S/c1-2-29-16-10-6-5-9-15(16)23-17(28)12-30-19-26-25-18(27(19)21)24-22-11-13-7-3-4-8-14(13)20/h3-11H,2,12,21H2,1H3,(H,23,28)(H,24,25)/b22-11+. The van der Waals surface area contributed by atoms with E-state index >= 15 is 0 Å². The van der Waals surface area contributed by atoms with Crippen LogP contribution in [0.4, 0.5) is 11.6 Å². The number of hydrogen-bond donors (Lipinski definition) is 3. The average Bonchev–Trinajstić information content (AvgIpc) is 3.09. The molecule has 0 unspecified atom stereocenters. The Kier molecular flexibility index (Phi) is 7.52. The van der Waals surface area contributed by atoms with Crippen LogP contribution in [0.15, 0.2) is 58.8 Å². The first-order valence-corrected chi connectivity index (χ1v) is 10.3. The molecule has 4 N–H and O–H groups in total. The minimum Gasteiger partial charge on any atom is -0.492 e. The molecular weight excluding hydrogens is 426 g/mol. The number of nitrogens with zero attached hydrogens (tertiary/aromatic N) is 4. The Morgan fingerprint density at radius 1 is 1.27 bits per heavy atom. The molecule has 1 heterocycles. The molecule has 0 atom stereocenters. The maximum Gasteiger partial charge on any atom is 0.264 e. The summed E-state index contributed by atoms with van der Waals surface area (Å²) in [4.78, 5) is 12.3. The number of anilines is 2. The Balaban J connectivity index is 1.55. The molecule has 0 bridgehead atoms. The number of thioether (sulfide) groups is 1. The van der Waals surface area contributed by atoms with Gasteiger partial charge in [-0.15, -0.1) is 10.2 Å². The van der Waals surface area contributed by atoms with E-state index in [1.165, 1.54) is 4.68 Å². The van der Waals surface area contributed by atoms with E-state index < -0.39 is 0 Å². The molecule has 1 amide bonds. The third kappa shape index (κ3) is 5.65. The number of nitrogen functional groups attached to an aromatic ring is 1. The summed E-state index contributed by atoms with van der Waals surface area (Å²) in [7, 11) is 0. The van der Waals surface area contributed by atoms with Gasteiger partial charge in [0.25, 0.3) is 5.95 Å². The highest BCUT2D eigenvalue weighted by atomic mass is 35.5. The molecule has 3 aromatic rings. The highest BCUT2D eigenvalue weighted by Gasteiger charge is 2.13. The monoisotopic (exact) mass is 445 g/mol. The molecule has 0 radical (unpaired) electrons. The minimum atomic E-state index is -0.221. The maximum absolute atomic E-state index is 12.3. The molecule has 0 fully saturated rings. The van der Waals surface area contributed by atoms with Gasteiger partial charge < -0.3 is 15.9 Å². The van der Waals surface area contributed by atoms with E-state index in [2.05, 4.69) is 26.0 Å². The zero-order valence-corrected chi connectivity index (χ0v) is 17.7.